The van der Waals surface area contributed by atoms with Gasteiger partial charge in [0.15, 0.2) is 0 Å². The van der Waals surface area contributed by atoms with Crippen LogP contribution in [0.5, 0.6) is 5.75 Å². The second-order valence-corrected chi connectivity index (χ2v) is 7.83. The minimum absolute atomic E-state index is 0.107. The molecule has 12 heteroatoms. The lowest BCUT2D eigenvalue weighted by Crippen LogP contribution is -2.28. The van der Waals surface area contributed by atoms with E-state index in [9.17, 15) is 18.5 Å². The molecule has 0 N–H and O–H groups in total. The van der Waals surface area contributed by atoms with E-state index in [1.165, 1.54) is 12.3 Å². The van der Waals surface area contributed by atoms with Gasteiger partial charge in [-0.25, -0.2) is 4.57 Å². The molecule has 9 nitrogen and oxygen atoms in total. The van der Waals surface area contributed by atoms with Crippen molar-refractivity contribution in [2.75, 3.05) is 29.7 Å². The van der Waals surface area contributed by atoms with Crippen molar-refractivity contribution in [2.24, 2.45) is 0 Å². The Kier molecular flexibility index (Phi) is 7.28. The maximum atomic E-state index is 12.2. The van der Waals surface area contributed by atoms with E-state index >= 15 is 0 Å². The Morgan fingerprint density at radius 1 is 1.30 bits per heavy atom. The van der Waals surface area contributed by atoms with Crippen molar-refractivity contribution in [3.63, 3.8) is 0 Å². The predicted molar refractivity (Wildman–Crippen MR) is 103 cm³/mol. The molecule has 2 aromatic rings. The zero-order valence-corrected chi connectivity index (χ0v) is 16.7. The van der Waals surface area contributed by atoms with Crippen molar-refractivity contribution in [1.29, 1.82) is 0 Å². The van der Waals surface area contributed by atoms with Gasteiger partial charge in [-0.05, 0) is 35.6 Å². The Balaban J connectivity index is 2.17. The first kappa shape index (κ1) is 21.3. The van der Waals surface area contributed by atoms with Gasteiger partial charge in [-0.2, -0.15) is 8.42 Å². The average Bonchev–Trinajstić information content (AvgIpc) is 3.02. The summed E-state index contributed by atoms with van der Waals surface area (Å²) in [5.41, 5.74) is 1.65. The number of nitrogens with zero attached hydrogens (tertiary/aromatic N) is 4. The van der Waals surface area contributed by atoms with E-state index in [0.29, 0.717) is 24.8 Å². The number of benzene rings is 1. The van der Waals surface area contributed by atoms with Gasteiger partial charge < -0.3 is 19.2 Å². The Labute approximate surface area is 166 Å². The third-order valence-electron chi connectivity index (χ3n) is 3.60. The predicted octanol–water partition coefficient (Wildman–Crippen LogP) is 2.75. The minimum Gasteiger partial charge on any atom is -0.390 e. The first-order chi connectivity index (χ1) is 12.8. The lowest BCUT2D eigenvalue weighted by Gasteiger charge is -2.25. The summed E-state index contributed by atoms with van der Waals surface area (Å²) in [7, 11) is -4.12. The molecule has 0 aliphatic rings. The summed E-state index contributed by atoms with van der Waals surface area (Å²) < 4.78 is 30.4. The first-order valence-corrected chi connectivity index (χ1v) is 10.5. The number of alkyl halides is 2. The second-order valence-electron chi connectivity index (χ2n) is 5.54. The zero-order chi connectivity index (χ0) is 20.0. The van der Waals surface area contributed by atoms with Crippen molar-refractivity contribution in [3.05, 3.63) is 46.3 Å². The fraction of sp³-hybridized carbons (Fsp3) is 0.400. The van der Waals surface area contributed by atoms with Crippen LogP contribution >= 0.6 is 23.2 Å². The van der Waals surface area contributed by atoms with Crippen LogP contribution in [0.2, 0.25) is 0 Å². The van der Waals surface area contributed by atoms with Gasteiger partial charge in [-0.3, -0.25) is 0 Å². The molecule has 0 atom stereocenters. The molecule has 0 radical (unpaired) electrons. The number of hydrogen-bond acceptors (Lipinski definition) is 7. The molecule has 0 amide bonds. The average molecular weight is 437 g/mol. The molecule has 1 aromatic carbocycles. The summed E-state index contributed by atoms with van der Waals surface area (Å²) in [6.45, 7) is 3.00. The molecular formula is C15H18Cl2N4O5S. The third-order valence-corrected chi connectivity index (χ3v) is 4.97. The fourth-order valence-electron chi connectivity index (χ4n) is 2.51. The Morgan fingerprint density at radius 3 is 2.52 bits per heavy atom. The zero-order valence-electron chi connectivity index (χ0n) is 14.4. The number of aryl methyl sites for hydroxylation is 1. The van der Waals surface area contributed by atoms with Gasteiger partial charge in [0, 0.05) is 30.5 Å². The minimum atomic E-state index is -4.12. The molecule has 1 heterocycles. The van der Waals surface area contributed by atoms with Crippen molar-refractivity contribution >= 4 is 45.0 Å². The number of aromatic nitrogens is 2. The number of halogens is 2. The summed E-state index contributed by atoms with van der Waals surface area (Å²) >= 11 is 11.6. The Bertz CT molecular complexity index is 897. The maximum Gasteiger partial charge on any atom is 0.435 e. The number of nitro groups is 1. The SMILES string of the molecule is Cc1cc(OS(=O)(=O)Cn2ccnc2[N+](=O)[O-])ccc1N(CCCl)CCCl. The van der Waals surface area contributed by atoms with Crippen LogP contribution in [0.15, 0.2) is 30.6 Å². The van der Waals surface area contributed by atoms with Crippen LogP contribution in [0, 0.1) is 17.0 Å². The molecule has 0 spiro atoms. The van der Waals surface area contributed by atoms with E-state index in [1.807, 2.05) is 11.8 Å². The molecular weight excluding hydrogens is 419 g/mol. The van der Waals surface area contributed by atoms with Gasteiger partial charge in [-0.15, -0.1) is 23.2 Å². The van der Waals surface area contributed by atoms with E-state index in [1.54, 1.807) is 12.1 Å². The Hall–Kier alpha value is -2.04. The highest BCUT2D eigenvalue weighted by molar-refractivity contribution is 7.86. The van der Waals surface area contributed by atoms with Crippen LogP contribution in [-0.4, -0.2) is 47.7 Å². The monoisotopic (exact) mass is 436 g/mol. The second kappa shape index (κ2) is 9.25. The van der Waals surface area contributed by atoms with Gasteiger partial charge in [0.05, 0.1) is 0 Å². The normalized spacial score (nSPS) is 11.4. The lowest BCUT2D eigenvalue weighted by atomic mass is 10.1. The van der Waals surface area contributed by atoms with Gasteiger partial charge in [-0.1, -0.05) is 4.98 Å². The van der Waals surface area contributed by atoms with Crippen LogP contribution in [0.4, 0.5) is 11.6 Å². The topological polar surface area (TPSA) is 108 Å². The molecule has 0 bridgehead atoms. The quantitative estimate of drug-likeness (QED) is 0.243. The van der Waals surface area contributed by atoms with E-state index in [4.69, 9.17) is 27.4 Å². The number of rotatable bonds is 10. The molecule has 1 aromatic heterocycles. The smallest absolute Gasteiger partial charge is 0.390 e. The molecule has 2 rings (SSSR count). The molecule has 0 aliphatic carbocycles. The van der Waals surface area contributed by atoms with Crippen molar-refractivity contribution in [2.45, 2.75) is 12.8 Å². The van der Waals surface area contributed by atoms with Crippen LogP contribution < -0.4 is 9.08 Å². The summed E-state index contributed by atoms with van der Waals surface area (Å²) in [5.74, 6) is -0.351. The van der Waals surface area contributed by atoms with E-state index < -0.39 is 26.9 Å². The molecule has 0 saturated carbocycles. The van der Waals surface area contributed by atoms with Crippen LogP contribution in [0.25, 0.3) is 0 Å². The lowest BCUT2D eigenvalue weighted by molar-refractivity contribution is -0.396. The van der Waals surface area contributed by atoms with Gasteiger partial charge in [0.25, 0.3) is 0 Å². The number of anilines is 1. The highest BCUT2D eigenvalue weighted by Gasteiger charge is 2.23. The largest absolute Gasteiger partial charge is 0.435 e. The maximum absolute atomic E-state index is 12.2. The van der Waals surface area contributed by atoms with E-state index in [-0.39, 0.29) is 5.75 Å². The molecule has 27 heavy (non-hydrogen) atoms. The van der Waals surface area contributed by atoms with Gasteiger partial charge in [0.2, 0.25) is 5.88 Å². The van der Waals surface area contributed by atoms with Crippen LogP contribution in [0.3, 0.4) is 0 Å². The standard InChI is InChI=1S/C15H18Cl2N4O5S/c1-12-10-13(2-3-14(12)19(7-4-16)8-5-17)26-27(24,25)11-20-9-6-18-15(20)21(22)23/h2-3,6,9-10H,4-5,7-8,11H2,1H3. The van der Waals surface area contributed by atoms with Gasteiger partial charge >= 0.3 is 16.1 Å². The molecule has 0 saturated heterocycles. The molecule has 0 aliphatic heterocycles. The molecule has 0 unspecified atom stereocenters. The number of hydrogen-bond donors (Lipinski definition) is 0. The molecule has 0 fully saturated rings. The number of imidazole rings is 1. The van der Waals surface area contributed by atoms with Crippen molar-refractivity contribution < 1.29 is 17.5 Å². The first-order valence-electron chi connectivity index (χ1n) is 7.82. The fourth-order valence-corrected chi connectivity index (χ4v) is 3.91. The highest BCUT2D eigenvalue weighted by Crippen LogP contribution is 2.26. The summed E-state index contributed by atoms with van der Waals surface area (Å²) in [6, 6.07) is 4.81. The summed E-state index contributed by atoms with van der Waals surface area (Å²) in [5, 5.41) is 10.8. The van der Waals surface area contributed by atoms with Crippen LogP contribution in [0.1, 0.15) is 5.56 Å². The van der Waals surface area contributed by atoms with E-state index in [2.05, 4.69) is 4.98 Å². The van der Waals surface area contributed by atoms with Gasteiger partial charge in [0.1, 0.15) is 18.1 Å². The summed E-state index contributed by atoms with van der Waals surface area (Å²) in [6.07, 6.45) is 2.35. The van der Waals surface area contributed by atoms with Crippen LogP contribution in [-0.2, 0) is 16.0 Å². The van der Waals surface area contributed by atoms with Crippen molar-refractivity contribution in [3.8, 4) is 5.75 Å². The Morgan fingerprint density at radius 2 is 1.96 bits per heavy atom. The summed E-state index contributed by atoms with van der Waals surface area (Å²) in [4.78, 5) is 15.6. The van der Waals surface area contributed by atoms with Crippen molar-refractivity contribution in [1.82, 2.24) is 9.55 Å². The van der Waals surface area contributed by atoms with E-state index in [0.717, 1.165) is 22.0 Å². The third kappa shape index (κ3) is 5.72. The molecule has 148 valence electrons. The highest BCUT2D eigenvalue weighted by atomic mass is 35.5.